The predicted octanol–water partition coefficient (Wildman–Crippen LogP) is 8.45. The fourth-order valence-corrected chi connectivity index (χ4v) is 6.35. The number of benzene rings is 2. The largest absolute Gasteiger partial charge is 0.300 e. The van der Waals surface area contributed by atoms with Crippen molar-refractivity contribution in [1.82, 2.24) is 0 Å². The Hall–Kier alpha value is -2.88. The maximum Gasteiger partial charge on any atom is 0.163 e. The van der Waals surface area contributed by atoms with E-state index in [1.54, 1.807) is 0 Å². The van der Waals surface area contributed by atoms with E-state index in [0.717, 1.165) is 66.3 Å². The number of aryl methyl sites for hydroxylation is 1. The summed E-state index contributed by atoms with van der Waals surface area (Å²) in [4.78, 5) is 50.6. The standard InChI is InChI=1S/C34H44O4.C3H8/c1-6-9-28(31(8-3)32(37)16-22(4)35)17-26-18-29-15-14-27(23(5)34(29)33(38)20-26)21-30(36)19-25-12-10-24(7-2)11-13-25;1-3-2/h10-15,26,28,31H,6-9,16-21H2,1-5H3;3H2,1-2H3. The van der Waals surface area contributed by atoms with Gasteiger partial charge >= 0.3 is 0 Å². The van der Waals surface area contributed by atoms with Crippen LogP contribution in [0.2, 0.25) is 0 Å². The highest BCUT2D eigenvalue weighted by Gasteiger charge is 2.33. The van der Waals surface area contributed by atoms with Crippen molar-refractivity contribution in [3.05, 3.63) is 69.8 Å². The third-order valence-electron chi connectivity index (χ3n) is 8.29. The SMILES string of the molecule is CCC.CCCC(CC1CC(=O)c2c(ccc(CC(=O)Cc3ccc(CC)cc3)c2C)C1)C(CC)C(=O)CC(C)=O. The average Bonchev–Trinajstić information content (AvgIpc) is 2.91. The zero-order valence-corrected chi connectivity index (χ0v) is 26.6. The lowest BCUT2D eigenvalue weighted by molar-refractivity contribution is -0.130. The number of rotatable bonds is 14. The van der Waals surface area contributed by atoms with E-state index in [1.165, 1.54) is 18.9 Å². The van der Waals surface area contributed by atoms with Crippen molar-refractivity contribution in [2.24, 2.45) is 17.8 Å². The first kappa shape index (κ1) is 34.3. The van der Waals surface area contributed by atoms with Crippen molar-refractivity contribution in [2.45, 2.75) is 119 Å². The van der Waals surface area contributed by atoms with Gasteiger partial charge in [-0.15, -0.1) is 0 Å². The highest BCUT2D eigenvalue weighted by Crippen LogP contribution is 2.37. The minimum Gasteiger partial charge on any atom is -0.300 e. The Labute approximate surface area is 248 Å². The molecule has 2 aromatic carbocycles. The molecule has 3 atom stereocenters. The zero-order chi connectivity index (χ0) is 30.5. The summed E-state index contributed by atoms with van der Waals surface area (Å²) < 4.78 is 0. The van der Waals surface area contributed by atoms with E-state index in [4.69, 9.17) is 0 Å². The number of ketones is 4. The smallest absolute Gasteiger partial charge is 0.163 e. The predicted molar refractivity (Wildman–Crippen MR) is 169 cm³/mol. The highest BCUT2D eigenvalue weighted by atomic mass is 16.1. The fraction of sp³-hybridized carbons (Fsp3) is 0.568. The first-order valence-corrected chi connectivity index (χ1v) is 15.8. The molecule has 4 heteroatoms. The fourth-order valence-electron chi connectivity index (χ4n) is 6.35. The molecule has 41 heavy (non-hydrogen) atoms. The summed E-state index contributed by atoms with van der Waals surface area (Å²) in [6.07, 6.45) is 7.74. The quantitative estimate of drug-likeness (QED) is 0.217. The van der Waals surface area contributed by atoms with E-state index in [2.05, 4.69) is 39.8 Å². The third-order valence-corrected chi connectivity index (χ3v) is 8.29. The summed E-state index contributed by atoms with van der Waals surface area (Å²) in [6.45, 7) is 14.0. The lowest BCUT2D eigenvalue weighted by atomic mass is 9.72. The third kappa shape index (κ3) is 10.2. The summed E-state index contributed by atoms with van der Waals surface area (Å²) in [5.41, 5.74) is 6.02. The van der Waals surface area contributed by atoms with Crippen LogP contribution in [0.5, 0.6) is 0 Å². The zero-order valence-electron chi connectivity index (χ0n) is 26.6. The molecule has 0 bridgehead atoms. The van der Waals surface area contributed by atoms with Crippen LogP contribution >= 0.6 is 0 Å². The second kappa shape index (κ2) is 17.2. The molecule has 0 aliphatic heterocycles. The summed E-state index contributed by atoms with van der Waals surface area (Å²) in [5, 5.41) is 0. The highest BCUT2D eigenvalue weighted by molar-refractivity contribution is 6.01. The summed E-state index contributed by atoms with van der Waals surface area (Å²) in [5.74, 6) is 0.545. The molecular weight excluding hydrogens is 508 g/mol. The van der Waals surface area contributed by atoms with Crippen LogP contribution in [0.25, 0.3) is 0 Å². The normalized spacial score (nSPS) is 15.8. The maximum absolute atomic E-state index is 13.4. The Morgan fingerprint density at radius 2 is 1.51 bits per heavy atom. The first-order valence-electron chi connectivity index (χ1n) is 15.8. The number of fused-ring (bicyclic) bond motifs is 1. The Bertz CT molecular complexity index is 1170. The Morgan fingerprint density at radius 1 is 0.878 bits per heavy atom. The van der Waals surface area contributed by atoms with Gasteiger partial charge in [0.25, 0.3) is 0 Å². The molecule has 0 radical (unpaired) electrons. The molecule has 1 aliphatic rings. The topological polar surface area (TPSA) is 68.3 Å². The summed E-state index contributed by atoms with van der Waals surface area (Å²) >= 11 is 0. The van der Waals surface area contributed by atoms with E-state index < -0.39 is 0 Å². The number of carbonyl (C=O) groups is 4. The molecule has 1 aliphatic carbocycles. The lowest BCUT2D eigenvalue weighted by Gasteiger charge is -2.32. The van der Waals surface area contributed by atoms with Gasteiger partial charge in [0.15, 0.2) is 5.78 Å². The molecule has 0 fully saturated rings. The average molecular weight is 561 g/mol. The van der Waals surface area contributed by atoms with Gasteiger partial charge in [-0.1, -0.05) is 90.3 Å². The van der Waals surface area contributed by atoms with Crippen molar-refractivity contribution >= 4 is 23.1 Å². The van der Waals surface area contributed by atoms with Gasteiger partial charge in [-0.05, 0) is 79.2 Å². The monoisotopic (exact) mass is 560 g/mol. The molecule has 224 valence electrons. The van der Waals surface area contributed by atoms with E-state index in [1.807, 2.05) is 38.1 Å². The molecule has 0 amide bonds. The molecule has 0 saturated carbocycles. The van der Waals surface area contributed by atoms with Crippen molar-refractivity contribution in [2.75, 3.05) is 0 Å². The molecule has 0 N–H and O–H groups in total. The van der Waals surface area contributed by atoms with Gasteiger partial charge in [0.05, 0.1) is 6.42 Å². The second-order valence-electron chi connectivity index (χ2n) is 12.0. The molecule has 3 unspecified atom stereocenters. The van der Waals surface area contributed by atoms with Crippen LogP contribution in [-0.4, -0.2) is 23.1 Å². The van der Waals surface area contributed by atoms with Gasteiger partial charge in [-0.25, -0.2) is 0 Å². The van der Waals surface area contributed by atoms with E-state index >= 15 is 0 Å². The Balaban J connectivity index is 0.00000187. The molecular formula is C37H52O4. The van der Waals surface area contributed by atoms with Crippen molar-refractivity contribution in [3.63, 3.8) is 0 Å². The summed E-state index contributed by atoms with van der Waals surface area (Å²) in [7, 11) is 0. The van der Waals surface area contributed by atoms with Crippen LogP contribution in [-0.2, 0) is 40.1 Å². The van der Waals surface area contributed by atoms with Crippen molar-refractivity contribution < 1.29 is 19.2 Å². The van der Waals surface area contributed by atoms with Gasteiger partial charge in [0.1, 0.15) is 17.3 Å². The minimum absolute atomic E-state index is 0.00981. The molecule has 0 heterocycles. The number of Topliss-reactive ketones (excluding diaryl/α,β-unsaturated/α-hetero) is 4. The van der Waals surface area contributed by atoms with Crippen LogP contribution < -0.4 is 0 Å². The van der Waals surface area contributed by atoms with E-state index in [0.29, 0.717) is 19.3 Å². The lowest BCUT2D eigenvalue weighted by Crippen LogP contribution is -2.30. The van der Waals surface area contributed by atoms with Crippen molar-refractivity contribution in [3.8, 4) is 0 Å². The molecule has 0 saturated heterocycles. The van der Waals surface area contributed by atoms with Crippen LogP contribution in [0.1, 0.15) is 125 Å². The Kier molecular flexibility index (Phi) is 14.4. The molecule has 2 aromatic rings. The number of hydrogen-bond donors (Lipinski definition) is 0. The Morgan fingerprint density at radius 3 is 2.07 bits per heavy atom. The first-order chi connectivity index (χ1) is 19.6. The molecule has 3 rings (SSSR count). The molecule has 0 spiro atoms. The van der Waals surface area contributed by atoms with Gasteiger partial charge < -0.3 is 0 Å². The number of hydrogen-bond acceptors (Lipinski definition) is 4. The summed E-state index contributed by atoms with van der Waals surface area (Å²) in [6, 6.07) is 12.3. The van der Waals surface area contributed by atoms with Gasteiger partial charge in [0, 0.05) is 30.7 Å². The van der Waals surface area contributed by atoms with E-state index in [-0.39, 0.29) is 47.3 Å². The van der Waals surface area contributed by atoms with Crippen molar-refractivity contribution in [1.29, 1.82) is 0 Å². The van der Waals surface area contributed by atoms with E-state index in [9.17, 15) is 19.2 Å². The van der Waals surface area contributed by atoms with Gasteiger partial charge in [-0.2, -0.15) is 0 Å². The molecule has 0 aromatic heterocycles. The number of carbonyl (C=O) groups excluding carboxylic acids is 4. The minimum atomic E-state index is -0.122. The van der Waals surface area contributed by atoms with Crippen LogP contribution in [0.15, 0.2) is 36.4 Å². The van der Waals surface area contributed by atoms with Gasteiger partial charge in [0.2, 0.25) is 0 Å². The van der Waals surface area contributed by atoms with Crippen LogP contribution in [0, 0.1) is 24.7 Å². The molecule has 4 nitrogen and oxygen atoms in total. The maximum atomic E-state index is 13.4. The van der Waals surface area contributed by atoms with Gasteiger partial charge in [-0.3, -0.25) is 19.2 Å². The second-order valence-corrected chi connectivity index (χ2v) is 12.0. The van der Waals surface area contributed by atoms with Crippen LogP contribution in [0.3, 0.4) is 0 Å². The van der Waals surface area contributed by atoms with Crippen LogP contribution in [0.4, 0.5) is 0 Å².